The third-order valence-electron chi connectivity index (χ3n) is 3.62. The summed E-state index contributed by atoms with van der Waals surface area (Å²) in [5.41, 5.74) is 8.52. The fraction of sp³-hybridized carbons (Fsp3) is 0.188. The maximum atomic E-state index is 11.2. The van der Waals surface area contributed by atoms with Crippen LogP contribution in [0.2, 0.25) is 0 Å². The Labute approximate surface area is 106 Å². The van der Waals surface area contributed by atoms with Crippen LogP contribution in [0.15, 0.2) is 54.6 Å². The molecular formula is C16H15NO. The molecule has 2 nitrogen and oxygen atoms in total. The van der Waals surface area contributed by atoms with Gasteiger partial charge in [-0.3, -0.25) is 4.79 Å². The Morgan fingerprint density at radius 1 is 0.944 bits per heavy atom. The lowest BCUT2D eigenvalue weighted by Gasteiger charge is -2.03. The third-order valence-corrected chi connectivity index (χ3v) is 3.62. The van der Waals surface area contributed by atoms with E-state index >= 15 is 0 Å². The maximum Gasteiger partial charge on any atom is 0.248 e. The second-order valence-corrected chi connectivity index (χ2v) is 4.85. The smallest absolute Gasteiger partial charge is 0.248 e. The van der Waals surface area contributed by atoms with Crippen LogP contribution in [0, 0.1) is 0 Å². The van der Waals surface area contributed by atoms with Gasteiger partial charge in [0.2, 0.25) is 5.91 Å². The second kappa shape index (κ2) is 4.30. The number of amides is 1. The average molecular weight is 237 g/mol. The molecule has 2 N–H and O–H groups in total. The number of hydrogen-bond donors (Lipinski definition) is 1. The van der Waals surface area contributed by atoms with Crippen LogP contribution in [0.3, 0.4) is 0 Å². The lowest BCUT2D eigenvalue weighted by molar-refractivity contribution is 0.1000. The van der Waals surface area contributed by atoms with Crippen molar-refractivity contribution in [2.24, 2.45) is 5.73 Å². The Morgan fingerprint density at radius 3 is 2.33 bits per heavy atom. The topological polar surface area (TPSA) is 43.1 Å². The highest BCUT2D eigenvalue weighted by Gasteiger charge is 2.39. The minimum atomic E-state index is -0.353. The minimum Gasteiger partial charge on any atom is -0.366 e. The van der Waals surface area contributed by atoms with Crippen molar-refractivity contribution < 1.29 is 4.79 Å². The lowest BCUT2D eigenvalue weighted by Crippen LogP contribution is -2.10. The zero-order valence-electron chi connectivity index (χ0n) is 10.0. The molecule has 2 unspecified atom stereocenters. The Bertz CT molecular complexity index is 577. The van der Waals surface area contributed by atoms with Gasteiger partial charge in [0.1, 0.15) is 0 Å². The first-order chi connectivity index (χ1) is 8.75. The van der Waals surface area contributed by atoms with E-state index in [4.69, 9.17) is 5.73 Å². The van der Waals surface area contributed by atoms with Crippen molar-refractivity contribution in [3.8, 4) is 0 Å². The SMILES string of the molecule is NC(=O)c1cccc(C2CC2c2ccccc2)c1. The number of benzene rings is 2. The zero-order valence-corrected chi connectivity index (χ0v) is 10.0. The zero-order chi connectivity index (χ0) is 12.5. The Balaban J connectivity index is 1.82. The highest BCUT2D eigenvalue weighted by atomic mass is 16.1. The monoisotopic (exact) mass is 237 g/mol. The van der Waals surface area contributed by atoms with Gasteiger partial charge in [-0.1, -0.05) is 42.5 Å². The molecule has 1 aliphatic carbocycles. The molecule has 1 amide bonds. The van der Waals surface area contributed by atoms with E-state index in [1.807, 2.05) is 18.2 Å². The summed E-state index contributed by atoms with van der Waals surface area (Å²) in [5.74, 6) is 0.773. The minimum absolute atomic E-state index is 0.353. The van der Waals surface area contributed by atoms with Crippen LogP contribution in [-0.4, -0.2) is 5.91 Å². The lowest BCUT2D eigenvalue weighted by atomic mass is 10.0. The van der Waals surface area contributed by atoms with E-state index in [-0.39, 0.29) is 5.91 Å². The van der Waals surface area contributed by atoms with E-state index in [2.05, 4.69) is 30.3 Å². The number of nitrogens with two attached hydrogens (primary N) is 1. The molecule has 1 saturated carbocycles. The van der Waals surface area contributed by atoms with Crippen molar-refractivity contribution in [1.29, 1.82) is 0 Å². The highest BCUT2D eigenvalue weighted by Crippen LogP contribution is 2.54. The second-order valence-electron chi connectivity index (χ2n) is 4.85. The normalized spacial score (nSPS) is 21.6. The van der Waals surface area contributed by atoms with Gasteiger partial charge in [0.15, 0.2) is 0 Å². The van der Waals surface area contributed by atoms with Gasteiger partial charge in [-0.05, 0) is 41.5 Å². The van der Waals surface area contributed by atoms with Crippen molar-refractivity contribution in [1.82, 2.24) is 0 Å². The average Bonchev–Trinajstić information content (AvgIpc) is 3.20. The summed E-state index contributed by atoms with van der Waals surface area (Å²) in [4.78, 5) is 11.2. The van der Waals surface area contributed by atoms with E-state index in [1.165, 1.54) is 11.1 Å². The van der Waals surface area contributed by atoms with E-state index in [0.29, 0.717) is 17.4 Å². The first-order valence-corrected chi connectivity index (χ1v) is 6.20. The van der Waals surface area contributed by atoms with E-state index in [1.54, 1.807) is 6.07 Å². The Hall–Kier alpha value is -2.09. The molecule has 1 fully saturated rings. The Kier molecular flexibility index (Phi) is 2.63. The van der Waals surface area contributed by atoms with Crippen LogP contribution in [0.25, 0.3) is 0 Å². The van der Waals surface area contributed by atoms with Gasteiger partial charge >= 0.3 is 0 Å². The van der Waals surface area contributed by atoms with Gasteiger partial charge in [-0.2, -0.15) is 0 Å². The van der Waals surface area contributed by atoms with Crippen molar-refractivity contribution in [2.75, 3.05) is 0 Å². The molecule has 2 aromatic rings. The van der Waals surface area contributed by atoms with Gasteiger partial charge < -0.3 is 5.73 Å². The van der Waals surface area contributed by atoms with E-state index in [9.17, 15) is 4.79 Å². The Morgan fingerprint density at radius 2 is 1.61 bits per heavy atom. The molecule has 0 bridgehead atoms. The predicted octanol–water partition coefficient (Wildman–Crippen LogP) is 3.06. The van der Waals surface area contributed by atoms with E-state index in [0.717, 1.165) is 6.42 Å². The molecular weight excluding hydrogens is 222 g/mol. The molecule has 90 valence electrons. The van der Waals surface area contributed by atoms with Crippen LogP contribution in [0.5, 0.6) is 0 Å². The van der Waals surface area contributed by atoms with Crippen molar-refractivity contribution in [3.63, 3.8) is 0 Å². The fourth-order valence-electron chi connectivity index (χ4n) is 2.55. The first kappa shape index (κ1) is 11.0. The molecule has 2 heteroatoms. The number of carbonyl (C=O) groups is 1. The molecule has 0 saturated heterocycles. The van der Waals surface area contributed by atoms with Crippen molar-refractivity contribution in [2.45, 2.75) is 18.3 Å². The summed E-state index contributed by atoms with van der Waals surface area (Å²) >= 11 is 0. The molecule has 0 aromatic heterocycles. The van der Waals surface area contributed by atoms with Gasteiger partial charge in [0.25, 0.3) is 0 Å². The summed E-state index contributed by atoms with van der Waals surface area (Å²) in [5, 5.41) is 0. The van der Waals surface area contributed by atoms with Gasteiger partial charge in [-0.25, -0.2) is 0 Å². The number of primary amides is 1. The number of carbonyl (C=O) groups excluding carboxylic acids is 1. The summed E-state index contributed by atoms with van der Waals surface area (Å²) < 4.78 is 0. The molecule has 2 aromatic carbocycles. The molecule has 18 heavy (non-hydrogen) atoms. The molecule has 2 atom stereocenters. The summed E-state index contributed by atoms with van der Waals surface area (Å²) in [6.07, 6.45) is 1.16. The van der Waals surface area contributed by atoms with Crippen LogP contribution < -0.4 is 5.73 Å². The van der Waals surface area contributed by atoms with Crippen molar-refractivity contribution in [3.05, 3.63) is 71.3 Å². The summed E-state index contributed by atoms with van der Waals surface area (Å²) in [7, 11) is 0. The first-order valence-electron chi connectivity index (χ1n) is 6.20. The van der Waals surface area contributed by atoms with Gasteiger partial charge in [0.05, 0.1) is 0 Å². The number of hydrogen-bond acceptors (Lipinski definition) is 1. The molecule has 1 aliphatic rings. The van der Waals surface area contributed by atoms with Crippen molar-refractivity contribution >= 4 is 5.91 Å². The van der Waals surface area contributed by atoms with Crippen LogP contribution >= 0.6 is 0 Å². The molecule has 0 spiro atoms. The summed E-state index contributed by atoms with van der Waals surface area (Å²) in [6.45, 7) is 0. The van der Waals surface area contributed by atoms with Crippen LogP contribution in [-0.2, 0) is 0 Å². The largest absolute Gasteiger partial charge is 0.366 e. The van der Waals surface area contributed by atoms with E-state index < -0.39 is 0 Å². The van der Waals surface area contributed by atoms with Gasteiger partial charge in [0, 0.05) is 5.56 Å². The third kappa shape index (κ3) is 2.02. The molecule has 0 radical (unpaired) electrons. The predicted molar refractivity (Wildman–Crippen MR) is 71.5 cm³/mol. The maximum absolute atomic E-state index is 11.2. The van der Waals surface area contributed by atoms with Gasteiger partial charge in [-0.15, -0.1) is 0 Å². The standard InChI is InChI=1S/C16H15NO/c17-16(18)13-8-4-7-12(9-13)15-10-14(15)11-5-2-1-3-6-11/h1-9,14-15H,10H2,(H2,17,18). The van der Waals surface area contributed by atoms with Crippen LogP contribution in [0.1, 0.15) is 39.7 Å². The molecule has 3 rings (SSSR count). The highest BCUT2D eigenvalue weighted by molar-refractivity contribution is 5.92. The molecule has 0 aliphatic heterocycles. The number of rotatable bonds is 3. The quantitative estimate of drug-likeness (QED) is 0.876. The fourth-order valence-corrected chi connectivity index (χ4v) is 2.55. The molecule has 0 heterocycles. The summed E-state index contributed by atoms with van der Waals surface area (Å²) in [6, 6.07) is 18.2. The van der Waals surface area contributed by atoms with Crippen LogP contribution in [0.4, 0.5) is 0 Å².